The van der Waals surface area contributed by atoms with Crippen molar-refractivity contribution in [1.29, 1.82) is 0 Å². The quantitative estimate of drug-likeness (QED) is 0.541. The van der Waals surface area contributed by atoms with E-state index < -0.39 is 23.4 Å². The molecule has 7 nitrogen and oxygen atoms in total. The SMILES string of the molecule is CC(C)(C)OC(=O)N(C(=O)OC(C)(C)C)c1cnc(Cl)nc1Cl. The van der Waals surface area contributed by atoms with E-state index in [4.69, 9.17) is 32.7 Å². The summed E-state index contributed by atoms with van der Waals surface area (Å²) in [4.78, 5) is 32.8. The number of amides is 2. The molecule has 2 amide bonds. The Morgan fingerprint density at radius 2 is 1.43 bits per heavy atom. The van der Waals surface area contributed by atoms with Crippen LogP contribution in [-0.2, 0) is 9.47 Å². The van der Waals surface area contributed by atoms with Crippen molar-refractivity contribution in [2.75, 3.05) is 4.90 Å². The average Bonchev–Trinajstić information content (AvgIpc) is 2.27. The van der Waals surface area contributed by atoms with Crippen LogP contribution in [0.2, 0.25) is 10.4 Å². The fourth-order valence-electron chi connectivity index (χ4n) is 1.37. The molecule has 0 aromatic carbocycles. The Hall–Kier alpha value is -1.60. The van der Waals surface area contributed by atoms with E-state index in [1.54, 1.807) is 41.5 Å². The molecule has 0 aliphatic rings. The predicted octanol–water partition coefficient (Wildman–Crippen LogP) is 4.46. The maximum atomic E-state index is 12.4. The van der Waals surface area contributed by atoms with Crippen molar-refractivity contribution in [3.05, 3.63) is 16.6 Å². The largest absolute Gasteiger partial charge is 0.443 e. The van der Waals surface area contributed by atoms with E-state index >= 15 is 0 Å². The molecule has 1 rings (SSSR count). The zero-order chi connectivity index (χ0) is 18.0. The molecule has 0 unspecified atom stereocenters. The third-order valence-corrected chi connectivity index (χ3v) is 2.55. The van der Waals surface area contributed by atoms with Crippen molar-refractivity contribution >= 4 is 41.1 Å². The van der Waals surface area contributed by atoms with Gasteiger partial charge in [-0.3, -0.25) is 0 Å². The Bertz CT molecular complexity index is 581. The molecule has 0 saturated heterocycles. The number of halogens is 2. The number of aromatic nitrogens is 2. The van der Waals surface area contributed by atoms with Crippen LogP contribution in [0.4, 0.5) is 15.3 Å². The van der Waals surface area contributed by atoms with Gasteiger partial charge in [-0.2, -0.15) is 4.90 Å². The van der Waals surface area contributed by atoms with Crippen LogP contribution in [0.25, 0.3) is 0 Å². The molecule has 0 radical (unpaired) electrons. The molecule has 0 fully saturated rings. The summed E-state index contributed by atoms with van der Waals surface area (Å²) in [7, 11) is 0. The molecule has 23 heavy (non-hydrogen) atoms. The fraction of sp³-hybridized carbons (Fsp3) is 0.571. The van der Waals surface area contributed by atoms with Gasteiger partial charge in [0.2, 0.25) is 5.28 Å². The lowest BCUT2D eigenvalue weighted by Gasteiger charge is -2.28. The van der Waals surface area contributed by atoms with Crippen molar-refractivity contribution in [2.45, 2.75) is 52.7 Å². The van der Waals surface area contributed by atoms with Crippen LogP contribution >= 0.6 is 23.2 Å². The number of anilines is 1. The van der Waals surface area contributed by atoms with Gasteiger partial charge in [-0.15, -0.1) is 0 Å². The molecular weight excluding hydrogens is 345 g/mol. The summed E-state index contributed by atoms with van der Waals surface area (Å²) >= 11 is 11.6. The van der Waals surface area contributed by atoms with E-state index in [-0.39, 0.29) is 16.1 Å². The molecule has 0 bridgehead atoms. The van der Waals surface area contributed by atoms with Crippen LogP contribution in [0, 0.1) is 0 Å². The van der Waals surface area contributed by atoms with E-state index in [9.17, 15) is 9.59 Å². The third kappa shape index (κ3) is 6.19. The van der Waals surface area contributed by atoms with Crippen LogP contribution in [0.3, 0.4) is 0 Å². The monoisotopic (exact) mass is 363 g/mol. The highest BCUT2D eigenvalue weighted by Crippen LogP contribution is 2.27. The minimum atomic E-state index is -0.959. The number of rotatable bonds is 1. The van der Waals surface area contributed by atoms with Crippen LogP contribution in [-0.4, -0.2) is 33.4 Å². The third-order valence-electron chi connectivity index (χ3n) is 2.09. The van der Waals surface area contributed by atoms with Crippen molar-refractivity contribution in [2.24, 2.45) is 0 Å². The average molecular weight is 364 g/mol. The van der Waals surface area contributed by atoms with Gasteiger partial charge in [-0.1, -0.05) is 11.6 Å². The Labute approximate surface area is 144 Å². The normalized spacial score (nSPS) is 11.8. The van der Waals surface area contributed by atoms with Gasteiger partial charge in [0, 0.05) is 0 Å². The summed E-state index contributed by atoms with van der Waals surface area (Å²) in [5, 5.41) is -0.297. The van der Waals surface area contributed by atoms with Crippen LogP contribution in [0.1, 0.15) is 41.5 Å². The summed E-state index contributed by atoms with van der Waals surface area (Å²) < 4.78 is 10.4. The second kappa shape index (κ2) is 6.88. The molecule has 0 saturated carbocycles. The highest BCUT2D eigenvalue weighted by molar-refractivity contribution is 6.34. The van der Waals surface area contributed by atoms with Gasteiger partial charge in [0.05, 0.1) is 6.20 Å². The van der Waals surface area contributed by atoms with E-state index in [0.717, 1.165) is 6.20 Å². The molecule has 1 aromatic rings. The first kappa shape index (κ1) is 19.4. The second-order valence-corrected chi connectivity index (χ2v) is 7.31. The van der Waals surface area contributed by atoms with Gasteiger partial charge >= 0.3 is 12.2 Å². The Morgan fingerprint density at radius 1 is 1.00 bits per heavy atom. The molecule has 1 heterocycles. The molecular formula is C14H19Cl2N3O4. The van der Waals surface area contributed by atoms with Gasteiger partial charge in [0.1, 0.15) is 16.9 Å². The Balaban J connectivity index is 3.25. The highest BCUT2D eigenvalue weighted by Gasteiger charge is 2.34. The number of nitrogens with zero attached hydrogens (tertiary/aromatic N) is 3. The van der Waals surface area contributed by atoms with Gasteiger partial charge in [0.25, 0.3) is 0 Å². The van der Waals surface area contributed by atoms with E-state index in [1.807, 2.05) is 0 Å². The summed E-state index contributed by atoms with van der Waals surface area (Å²) in [6.45, 7) is 9.99. The van der Waals surface area contributed by atoms with Gasteiger partial charge in [0.15, 0.2) is 5.15 Å². The summed E-state index contributed by atoms with van der Waals surface area (Å²) in [5.41, 5.74) is -1.73. The highest BCUT2D eigenvalue weighted by atomic mass is 35.5. The lowest BCUT2D eigenvalue weighted by Crippen LogP contribution is -2.44. The molecule has 1 aromatic heterocycles. The lowest BCUT2D eigenvalue weighted by molar-refractivity contribution is 0.0430. The molecule has 128 valence electrons. The first-order valence-electron chi connectivity index (χ1n) is 6.74. The topological polar surface area (TPSA) is 81.6 Å². The summed E-state index contributed by atoms with van der Waals surface area (Å²) in [5.74, 6) is 0. The van der Waals surface area contributed by atoms with Crippen molar-refractivity contribution in [3.8, 4) is 0 Å². The van der Waals surface area contributed by atoms with Crippen molar-refractivity contribution in [1.82, 2.24) is 9.97 Å². The zero-order valence-electron chi connectivity index (χ0n) is 13.8. The zero-order valence-corrected chi connectivity index (χ0v) is 15.3. The number of carbonyl (C=O) groups is 2. The molecule has 0 spiro atoms. The number of hydrogen-bond acceptors (Lipinski definition) is 6. The Morgan fingerprint density at radius 3 is 1.78 bits per heavy atom. The number of hydrogen-bond donors (Lipinski definition) is 0. The van der Waals surface area contributed by atoms with E-state index in [2.05, 4.69) is 9.97 Å². The maximum Gasteiger partial charge on any atom is 0.424 e. The van der Waals surface area contributed by atoms with Crippen LogP contribution < -0.4 is 4.90 Å². The number of carbonyl (C=O) groups excluding carboxylic acids is 2. The van der Waals surface area contributed by atoms with Gasteiger partial charge in [-0.25, -0.2) is 19.6 Å². The minimum absolute atomic E-state index is 0.0837. The summed E-state index contributed by atoms with van der Waals surface area (Å²) in [6, 6.07) is 0. The van der Waals surface area contributed by atoms with E-state index in [1.165, 1.54) is 0 Å². The summed E-state index contributed by atoms with van der Waals surface area (Å²) in [6.07, 6.45) is -0.773. The second-order valence-electron chi connectivity index (χ2n) is 6.61. The maximum absolute atomic E-state index is 12.4. The molecule has 0 aliphatic heterocycles. The smallest absolute Gasteiger partial charge is 0.424 e. The minimum Gasteiger partial charge on any atom is -0.443 e. The van der Waals surface area contributed by atoms with Crippen LogP contribution in [0.15, 0.2) is 6.20 Å². The molecule has 9 heteroatoms. The molecule has 0 aliphatic carbocycles. The van der Waals surface area contributed by atoms with Crippen molar-refractivity contribution in [3.63, 3.8) is 0 Å². The number of ether oxygens (including phenoxy) is 2. The predicted molar refractivity (Wildman–Crippen MR) is 87.0 cm³/mol. The molecule has 0 atom stereocenters. The van der Waals surface area contributed by atoms with E-state index in [0.29, 0.717) is 4.90 Å². The fourth-order valence-corrected chi connectivity index (χ4v) is 1.76. The lowest BCUT2D eigenvalue weighted by atomic mass is 10.2. The van der Waals surface area contributed by atoms with Crippen LogP contribution in [0.5, 0.6) is 0 Å². The van der Waals surface area contributed by atoms with Gasteiger partial charge in [-0.05, 0) is 53.1 Å². The standard InChI is InChI=1S/C14H19Cl2N3O4/c1-13(2,3)22-11(20)19(12(21)23-14(4,5)6)8-7-17-10(16)18-9(8)15/h7H,1-6H3. The first-order chi connectivity index (χ1) is 10.3. The molecule has 0 N–H and O–H groups in total. The van der Waals surface area contributed by atoms with Gasteiger partial charge < -0.3 is 9.47 Å². The number of imide groups is 1. The first-order valence-corrected chi connectivity index (χ1v) is 7.50. The van der Waals surface area contributed by atoms with Crippen molar-refractivity contribution < 1.29 is 19.1 Å². The Kier molecular flexibility index (Phi) is 5.82.